The minimum absolute atomic E-state index is 0.187. The molecule has 108 valence electrons. The molecule has 0 heterocycles. The number of nitrogens with one attached hydrogen (secondary N) is 1. The third-order valence-electron chi connectivity index (χ3n) is 3.87. The Kier molecular flexibility index (Phi) is 6.06. The summed E-state index contributed by atoms with van der Waals surface area (Å²) in [5.41, 5.74) is 3.12. The molecule has 0 amide bonds. The minimum Gasteiger partial charge on any atom is -0.311 e. The Morgan fingerprint density at radius 1 is 1.16 bits per heavy atom. The molecule has 0 radical (unpaired) electrons. The van der Waals surface area contributed by atoms with Crippen molar-refractivity contribution in [2.75, 3.05) is 6.54 Å². The first-order chi connectivity index (χ1) is 8.85. The molecule has 1 nitrogen and oxygen atoms in total. The number of hydrogen-bond donors (Lipinski definition) is 1. The first-order valence-electron chi connectivity index (χ1n) is 7.65. The molecule has 2 atom stereocenters. The lowest BCUT2D eigenvalue weighted by Gasteiger charge is -2.30. The fourth-order valence-corrected chi connectivity index (χ4v) is 2.69. The van der Waals surface area contributed by atoms with Gasteiger partial charge in [0.25, 0.3) is 0 Å². The Balaban J connectivity index is 2.89. The molecule has 0 saturated carbocycles. The van der Waals surface area contributed by atoms with Gasteiger partial charge in [-0.2, -0.15) is 0 Å². The highest BCUT2D eigenvalue weighted by atomic mass is 14.9. The molecule has 1 heteroatoms. The van der Waals surface area contributed by atoms with E-state index in [1.165, 1.54) is 24.0 Å². The van der Waals surface area contributed by atoms with Crippen LogP contribution in [0.25, 0.3) is 0 Å². The SMILES string of the molecule is CCCC(C)C(CNC(C)(C)C)c1ccccc1C. The molecular weight excluding hydrogens is 230 g/mol. The summed E-state index contributed by atoms with van der Waals surface area (Å²) in [7, 11) is 0. The third kappa shape index (κ3) is 5.36. The van der Waals surface area contributed by atoms with Crippen LogP contribution in [0.15, 0.2) is 24.3 Å². The fourth-order valence-electron chi connectivity index (χ4n) is 2.69. The Bertz CT molecular complexity index is 376. The van der Waals surface area contributed by atoms with Crippen molar-refractivity contribution < 1.29 is 0 Å². The minimum atomic E-state index is 0.187. The predicted octanol–water partition coefficient (Wildman–Crippen LogP) is 4.90. The van der Waals surface area contributed by atoms with Gasteiger partial charge in [0.15, 0.2) is 0 Å². The van der Waals surface area contributed by atoms with Crippen LogP contribution in [-0.2, 0) is 0 Å². The first-order valence-corrected chi connectivity index (χ1v) is 7.65. The topological polar surface area (TPSA) is 12.0 Å². The maximum atomic E-state index is 3.69. The molecule has 1 aromatic rings. The first kappa shape index (κ1) is 16.2. The lowest BCUT2D eigenvalue weighted by Crippen LogP contribution is -2.39. The lowest BCUT2D eigenvalue weighted by molar-refractivity contribution is 0.348. The van der Waals surface area contributed by atoms with Gasteiger partial charge < -0.3 is 5.32 Å². The standard InChI is InChI=1S/C18H31N/c1-7-10-14(2)17(13-19-18(4,5)6)16-12-9-8-11-15(16)3/h8-9,11-12,14,17,19H,7,10,13H2,1-6H3. The molecule has 0 saturated heterocycles. The van der Waals surface area contributed by atoms with E-state index >= 15 is 0 Å². The van der Waals surface area contributed by atoms with Crippen LogP contribution in [0, 0.1) is 12.8 Å². The molecule has 0 aliphatic heterocycles. The second-order valence-electron chi connectivity index (χ2n) is 6.86. The van der Waals surface area contributed by atoms with Gasteiger partial charge in [-0.05, 0) is 50.7 Å². The maximum absolute atomic E-state index is 3.69. The molecule has 0 aliphatic carbocycles. The van der Waals surface area contributed by atoms with Crippen LogP contribution < -0.4 is 5.32 Å². The van der Waals surface area contributed by atoms with Crippen molar-refractivity contribution in [2.45, 2.75) is 65.8 Å². The predicted molar refractivity (Wildman–Crippen MR) is 85.7 cm³/mol. The van der Waals surface area contributed by atoms with Gasteiger partial charge in [-0.25, -0.2) is 0 Å². The Morgan fingerprint density at radius 3 is 2.32 bits per heavy atom. The molecule has 19 heavy (non-hydrogen) atoms. The number of benzene rings is 1. The van der Waals surface area contributed by atoms with E-state index in [9.17, 15) is 0 Å². The quantitative estimate of drug-likeness (QED) is 0.767. The van der Waals surface area contributed by atoms with E-state index in [0.29, 0.717) is 5.92 Å². The Morgan fingerprint density at radius 2 is 1.79 bits per heavy atom. The van der Waals surface area contributed by atoms with Crippen molar-refractivity contribution in [1.82, 2.24) is 5.32 Å². The molecule has 0 bridgehead atoms. The van der Waals surface area contributed by atoms with Crippen molar-refractivity contribution in [1.29, 1.82) is 0 Å². The summed E-state index contributed by atoms with van der Waals surface area (Å²) in [4.78, 5) is 0. The number of rotatable bonds is 6. The van der Waals surface area contributed by atoms with Gasteiger partial charge >= 0.3 is 0 Å². The van der Waals surface area contributed by atoms with E-state index in [2.05, 4.69) is 71.1 Å². The van der Waals surface area contributed by atoms with E-state index in [1.54, 1.807) is 0 Å². The number of hydrogen-bond acceptors (Lipinski definition) is 1. The third-order valence-corrected chi connectivity index (χ3v) is 3.87. The highest BCUT2D eigenvalue weighted by Gasteiger charge is 2.22. The largest absolute Gasteiger partial charge is 0.311 e. The van der Waals surface area contributed by atoms with Gasteiger partial charge in [0.1, 0.15) is 0 Å². The zero-order chi connectivity index (χ0) is 14.5. The van der Waals surface area contributed by atoms with Crippen molar-refractivity contribution in [2.24, 2.45) is 5.92 Å². The second-order valence-corrected chi connectivity index (χ2v) is 6.86. The highest BCUT2D eigenvalue weighted by Crippen LogP contribution is 2.30. The van der Waals surface area contributed by atoms with Crippen molar-refractivity contribution in [3.8, 4) is 0 Å². The Hall–Kier alpha value is -0.820. The summed E-state index contributed by atoms with van der Waals surface area (Å²) in [5.74, 6) is 1.33. The summed E-state index contributed by atoms with van der Waals surface area (Å²) in [6, 6.07) is 8.84. The van der Waals surface area contributed by atoms with E-state index in [1.807, 2.05) is 0 Å². The van der Waals surface area contributed by atoms with Crippen LogP contribution in [0.1, 0.15) is 64.5 Å². The van der Waals surface area contributed by atoms with Crippen LogP contribution in [0.2, 0.25) is 0 Å². The van der Waals surface area contributed by atoms with E-state index in [4.69, 9.17) is 0 Å². The highest BCUT2D eigenvalue weighted by molar-refractivity contribution is 5.30. The maximum Gasteiger partial charge on any atom is 0.00967 e. The van der Waals surface area contributed by atoms with Crippen LogP contribution in [-0.4, -0.2) is 12.1 Å². The van der Waals surface area contributed by atoms with E-state index in [-0.39, 0.29) is 5.54 Å². The molecule has 1 N–H and O–H groups in total. The number of aryl methyl sites for hydroxylation is 1. The zero-order valence-electron chi connectivity index (χ0n) is 13.6. The molecule has 0 aliphatic rings. The van der Waals surface area contributed by atoms with Gasteiger partial charge in [0.05, 0.1) is 0 Å². The molecule has 0 fully saturated rings. The fraction of sp³-hybridized carbons (Fsp3) is 0.667. The Labute approximate surface area is 119 Å². The van der Waals surface area contributed by atoms with Crippen LogP contribution >= 0.6 is 0 Å². The van der Waals surface area contributed by atoms with Gasteiger partial charge in [0, 0.05) is 12.1 Å². The van der Waals surface area contributed by atoms with Crippen LogP contribution in [0.4, 0.5) is 0 Å². The van der Waals surface area contributed by atoms with E-state index < -0.39 is 0 Å². The van der Waals surface area contributed by atoms with Crippen molar-refractivity contribution in [3.63, 3.8) is 0 Å². The monoisotopic (exact) mass is 261 g/mol. The van der Waals surface area contributed by atoms with Gasteiger partial charge in [-0.3, -0.25) is 0 Å². The smallest absolute Gasteiger partial charge is 0.00967 e. The average Bonchev–Trinajstić information content (AvgIpc) is 2.30. The summed E-state index contributed by atoms with van der Waals surface area (Å²) in [6.07, 6.45) is 2.56. The van der Waals surface area contributed by atoms with E-state index in [0.717, 1.165) is 12.5 Å². The van der Waals surface area contributed by atoms with Crippen LogP contribution in [0.5, 0.6) is 0 Å². The van der Waals surface area contributed by atoms with Crippen molar-refractivity contribution >= 4 is 0 Å². The molecule has 1 rings (SSSR count). The van der Waals surface area contributed by atoms with Gasteiger partial charge in [-0.15, -0.1) is 0 Å². The summed E-state index contributed by atoms with van der Waals surface area (Å²) in [5, 5.41) is 3.69. The van der Waals surface area contributed by atoms with Gasteiger partial charge in [0.2, 0.25) is 0 Å². The zero-order valence-corrected chi connectivity index (χ0v) is 13.6. The molecule has 2 unspecified atom stereocenters. The normalized spacial score (nSPS) is 15.3. The summed E-state index contributed by atoms with van der Waals surface area (Å²) in [6.45, 7) is 14.7. The lowest BCUT2D eigenvalue weighted by atomic mass is 9.82. The summed E-state index contributed by atoms with van der Waals surface area (Å²) < 4.78 is 0. The molecular formula is C18H31N. The second kappa shape index (κ2) is 7.09. The average molecular weight is 261 g/mol. The molecule has 1 aromatic carbocycles. The van der Waals surface area contributed by atoms with Gasteiger partial charge in [-0.1, -0.05) is 51.0 Å². The summed E-state index contributed by atoms with van der Waals surface area (Å²) >= 11 is 0. The van der Waals surface area contributed by atoms with Crippen molar-refractivity contribution in [3.05, 3.63) is 35.4 Å². The molecule has 0 aromatic heterocycles. The molecule has 0 spiro atoms. The van der Waals surface area contributed by atoms with Crippen LogP contribution in [0.3, 0.4) is 0 Å².